The zero-order valence-electron chi connectivity index (χ0n) is 6.98. The minimum absolute atomic E-state index is 0.541. The van der Waals surface area contributed by atoms with Crippen molar-refractivity contribution >= 4 is 23.2 Å². The Morgan fingerprint density at radius 3 is 2.69 bits per heavy atom. The van der Waals surface area contributed by atoms with Crippen LogP contribution in [0.5, 0.6) is 0 Å². The lowest BCUT2D eigenvalue weighted by Crippen LogP contribution is -2.33. The highest BCUT2D eigenvalue weighted by Crippen LogP contribution is 2.20. The summed E-state index contributed by atoms with van der Waals surface area (Å²) in [5.41, 5.74) is 3.49. The molecule has 0 saturated heterocycles. The van der Waals surface area contributed by atoms with Crippen LogP contribution in [0.3, 0.4) is 0 Å². The number of nitrogens with two attached hydrogens (primary N) is 1. The molecule has 0 amide bonds. The standard InChI is InChI=1S/C8H11Cl2N3/c9-7-2-1-6(8(10)3-7)4-12-5-13-11/h1-3,12-13H,4-5,11H2. The summed E-state index contributed by atoms with van der Waals surface area (Å²) in [5, 5.41) is 4.36. The summed E-state index contributed by atoms with van der Waals surface area (Å²) >= 11 is 11.7. The van der Waals surface area contributed by atoms with E-state index in [9.17, 15) is 0 Å². The number of benzene rings is 1. The van der Waals surface area contributed by atoms with Gasteiger partial charge in [0.2, 0.25) is 0 Å². The molecule has 0 aliphatic carbocycles. The molecular formula is C8H11Cl2N3. The second-order valence-electron chi connectivity index (χ2n) is 2.54. The number of rotatable bonds is 4. The first-order chi connectivity index (χ1) is 6.24. The van der Waals surface area contributed by atoms with Crippen molar-refractivity contribution < 1.29 is 0 Å². The van der Waals surface area contributed by atoms with E-state index in [1.165, 1.54) is 0 Å². The van der Waals surface area contributed by atoms with E-state index in [0.29, 0.717) is 23.3 Å². The molecule has 1 aromatic carbocycles. The number of hydrazine groups is 1. The third-order valence-corrected chi connectivity index (χ3v) is 2.14. The van der Waals surface area contributed by atoms with Crippen LogP contribution in [-0.2, 0) is 6.54 Å². The van der Waals surface area contributed by atoms with Crippen LogP contribution in [0.15, 0.2) is 18.2 Å². The van der Waals surface area contributed by atoms with Gasteiger partial charge < -0.3 is 0 Å². The van der Waals surface area contributed by atoms with Gasteiger partial charge in [-0.2, -0.15) is 0 Å². The Morgan fingerprint density at radius 2 is 2.08 bits per heavy atom. The molecule has 0 spiro atoms. The summed E-state index contributed by atoms with van der Waals surface area (Å²) in [6, 6.07) is 5.41. The van der Waals surface area contributed by atoms with Crippen molar-refractivity contribution in [1.29, 1.82) is 0 Å². The Bertz CT molecular complexity index is 278. The van der Waals surface area contributed by atoms with Gasteiger partial charge in [0.05, 0.1) is 6.67 Å². The van der Waals surface area contributed by atoms with Crippen molar-refractivity contribution in [3.63, 3.8) is 0 Å². The number of halogens is 2. The van der Waals surface area contributed by atoms with Crippen molar-refractivity contribution in [3.05, 3.63) is 33.8 Å². The van der Waals surface area contributed by atoms with E-state index in [1.54, 1.807) is 12.1 Å². The molecule has 0 aromatic heterocycles. The predicted octanol–water partition coefficient (Wildman–Crippen LogP) is 1.50. The van der Waals surface area contributed by atoms with E-state index in [4.69, 9.17) is 29.0 Å². The topological polar surface area (TPSA) is 50.1 Å². The maximum atomic E-state index is 5.93. The largest absolute Gasteiger partial charge is 0.299 e. The molecule has 0 heterocycles. The lowest BCUT2D eigenvalue weighted by molar-refractivity contribution is 0.601. The molecule has 3 nitrogen and oxygen atoms in total. The third kappa shape index (κ3) is 3.50. The van der Waals surface area contributed by atoms with Crippen molar-refractivity contribution in [1.82, 2.24) is 10.7 Å². The first kappa shape index (κ1) is 10.8. The Labute approximate surface area is 87.2 Å². The molecule has 0 bridgehead atoms. The summed E-state index contributed by atoms with van der Waals surface area (Å²) in [6.45, 7) is 1.21. The molecule has 5 heteroatoms. The van der Waals surface area contributed by atoms with Gasteiger partial charge in [-0.05, 0) is 17.7 Å². The van der Waals surface area contributed by atoms with E-state index in [-0.39, 0.29) is 0 Å². The van der Waals surface area contributed by atoms with Crippen LogP contribution in [0.1, 0.15) is 5.56 Å². The SMILES string of the molecule is NNCNCc1ccc(Cl)cc1Cl. The lowest BCUT2D eigenvalue weighted by atomic mass is 10.2. The van der Waals surface area contributed by atoms with Crippen LogP contribution >= 0.6 is 23.2 Å². The number of hydrogen-bond donors (Lipinski definition) is 3. The smallest absolute Gasteiger partial charge is 0.0590 e. The molecule has 13 heavy (non-hydrogen) atoms. The minimum atomic E-state index is 0.541. The van der Waals surface area contributed by atoms with Gasteiger partial charge in [0, 0.05) is 16.6 Å². The fourth-order valence-corrected chi connectivity index (χ4v) is 1.41. The van der Waals surface area contributed by atoms with E-state index in [2.05, 4.69) is 10.7 Å². The van der Waals surface area contributed by atoms with Crippen molar-refractivity contribution in [2.75, 3.05) is 6.67 Å². The molecule has 0 saturated carbocycles. The zero-order valence-corrected chi connectivity index (χ0v) is 8.49. The molecule has 0 fully saturated rings. The summed E-state index contributed by atoms with van der Waals surface area (Å²) in [5.74, 6) is 5.09. The first-order valence-corrected chi connectivity index (χ1v) is 4.57. The average molecular weight is 220 g/mol. The highest BCUT2D eigenvalue weighted by atomic mass is 35.5. The maximum absolute atomic E-state index is 5.93. The summed E-state index contributed by atoms with van der Waals surface area (Å²) in [4.78, 5) is 0. The highest BCUT2D eigenvalue weighted by Gasteiger charge is 1.99. The molecule has 1 aromatic rings. The molecular weight excluding hydrogens is 209 g/mol. The monoisotopic (exact) mass is 219 g/mol. The second kappa shape index (κ2) is 5.42. The molecule has 0 aliphatic heterocycles. The van der Waals surface area contributed by atoms with Crippen molar-refractivity contribution in [2.45, 2.75) is 6.54 Å². The fraction of sp³-hybridized carbons (Fsp3) is 0.250. The quantitative estimate of drug-likeness (QED) is 0.312. The van der Waals surface area contributed by atoms with Crippen LogP contribution in [0, 0.1) is 0 Å². The van der Waals surface area contributed by atoms with Gasteiger partial charge in [0.1, 0.15) is 0 Å². The second-order valence-corrected chi connectivity index (χ2v) is 3.39. The number of nitrogens with one attached hydrogen (secondary N) is 2. The normalized spacial score (nSPS) is 10.4. The maximum Gasteiger partial charge on any atom is 0.0590 e. The van der Waals surface area contributed by atoms with Gasteiger partial charge in [0.25, 0.3) is 0 Å². The Morgan fingerprint density at radius 1 is 1.31 bits per heavy atom. The van der Waals surface area contributed by atoms with Crippen LogP contribution < -0.4 is 16.6 Å². The van der Waals surface area contributed by atoms with Crippen LogP contribution in [0.25, 0.3) is 0 Å². The van der Waals surface area contributed by atoms with Crippen molar-refractivity contribution in [2.24, 2.45) is 5.84 Å². The molecule has 72 valence electrons. The molecule has 0 radical (unpaired) electrons. The predicted molar refractivity (Wildman–Crippen MR) is 55.5 cm³/mol. The van der Waals surface area contributed by atoms with Gasteiger partial charge >= 0.3 is 0 Å². The van der Waals surface area contributed by atoms with Crippen molar-refractivity contribution in [3.8, 4) is 0 Å². The van der Waals surface area contributed by atoms with E-state index >= 15 is 0 Å². The first-order valence-electron chi connectivity index (χ1n) is 3.82. The van der Waals surface area contributed by atoms with E-state index in [1.807, 2.05) is 6.07 Å². The van der Waals surface area contributed by atoms with Gasteiger partial charge in [-0.15, -0.1) is 0 Å². The lowest BCUT2D eigenvalue weighted by Gasteiger charge is -2.05. The van der Waals surface area contributed by atoms with Gasteiger partial charge in [-0.1, -0.05) is 29.3 Å². The van der Waals surface area contributed by atoms with Crippen LogP contribution in [0.2, 0.25) is 10.0 Å². The molecule has 0 aliphatic rings. The molecule has 0 atom stereocenters. The van der Waals surface area contributed by atoms with E-state index < -0.39 is 0 Å². The summed E-state index contributed by atoms with van der Waals surface area (Å²) < 4.78 is 0. The third-order valence-electron chi connectivity index (χ3n) is 1.56. The van der Waals surface area contributed by atoms with E-state index in [0.717, 1.165) is 5.56 Å². The molecule has 0 unspecified atom stereocenters. The van der Waals surface area contributed by atoms with Gasteiger partial charge in [0.15, 0.2) is 0 Å². The molecule has 4 N–H and O–H groups in total. The van der Waals surface area contributed by atoms with Gasteiger partial charge in [-0.3, -0.25) is 11.2 Å². The Kier molecular flexibility index (Phi) is 4.48. The van der Waals surface area contributed by atoms with Crippen LogP contribution in [-0.4, -0.2) is 6.67 Å². The average Bonchev–Trinajstić information content (AvgIpc) is 2.09. The fourth-order valence-electron chi connectivity index (χ4n) is 0.934. The van der Waals surface area contributed by atoms with Crippen LogP contribution in [0.4, 0.5) is 0 Å². The minimum Gasteiger partial charge on any atom is -0.299 e. The molecule has 1 rings (SSSR count). The Hall–Kier alpha value is -0.320. The van der Waals surface area contributed by atoms with Gasteiger partial charge in [-0.25, -0.2) is 5.43 Å². The summed E-state index contributed by atoms with van der Waals surface area (Å²) in [7, 11) is 0. The number of hydrogen-bond acceptors (Lipinski definition) is 3. The Balaban J connectivity index is 2.56. The highest BCUT2D eigenvalue weighted by molar-refractivity contribution is 6.35. The zero-order chi connectivity index (χ0) is 9.68. The summed E-state index contributed by atoms with van der Waals surface area (Å²) in [6.07, 6.45) is 0.